The third-order valence-electron chi connectivity index (χ3n) is 3.26. The first-order valence-electron chi connectivity index (χ1n) is 6.20. The molecular formula is C15H13ClN2O2. The van der Waals surface area contributed by atoms with Gasteiger partial charge in [0.2, 0.25) is 0 Å². The molecule has 0 N–H and O–H groups in total. The molecule has 0 bridgehead atoms. The quantitative estimate of drug-likeness (QED) is 0.743. The van der Waals surface area contributed by atoms with Crippen LogP contribution in [0.2, 0.25) is 0 Å². The Balaban J connectivity index is 2.11. The number of aromatic nitrogens is 2. The number of nitrogens with zero attached hydrogens (tertiary/aromatic N) is 2. The van der Waals surface area contributed by atoms with Gasteiger partial charge in [0.05, 0.1) is 24.7 Å². The van der Waals surface area contributed by atoms with Gasteiger partial charge in [0, 0.05) is 11.8 Å². The summed E-state index contributed by atoms with van der Waals surface area (Å²) in [5, 5.41) is 0. The molecule has 3 aromatic rings. The van der Waals surface area contributed by atoms with Crippen molar-refractivity contribution in [3.8, 4) is 5.75 Å². The second kappa shape index (κ2) is 5.06. The Labute approximate surface area is 120 Å². The van der Waals surface area contributed by atoms with Crippen molar-refractivity contribution in [1.82, 2.24) is 8.65 Å². The van der Waals surface area contributed by atoms with E-state index >= 15 is 0 Å². The fourth-order valence-electron chi connectivity index (χ4n) is 2.28. The van der Waals surface area contributed by atoms with Crippen molar-refractivity contribution in [2.75, 3.05) is 7.11 Å². The summed E-state index contributed by atoms with van der Waals surface area (Å²) in [5.41, 5.74) is 2.27. The van der Waals surface area contributed by atoms with Crippen LogP contribution in [-0.4, -0.2) is 15.8 Å². The molecule has 2 aromatic carbocycles. The number of fused-ring (bicyclic) bond motifs is 1. The Morgan fingerprint density at radius 2 is 1.85 bits per heavy atom. The molecule has 20 heavy (non-hydrogen) atoms. The summed E-state index contributed by atoms with van der Waals surface area (Å²) in [6, 6.07) is 15.1. The molecule has 0 aliphatic carbocycles. The molecule has 3 rings (SSSR count). The molecule has 102 valence electrons. The number of hydrogen-bond donors (Lipinski definition) is 0. The molecule has 4 nitrogen and oxygen atoms in total. The van der Waals surface area contributed by atoms with Gasteiger partial charge < -0.3 is 4.74 Å². The number of hydrogen-bond acceptors (Lipinski definition) is 2. The van der Waals surface area contributed by atoms with E-state index in [1.54, 1.807) is 11.7 Å². The number of para-hydroxylation sites is 2. The molecule has 0 aliphatic rings. The molecule has 0 saturated heterocycles. The lowest BCUT2D eigenvalue weighted by atomic mass is 10.2. The first-order chi connectivity index (χ1) is 9.70. The van der Waals surface area contributed by atoms with E-state index in [-0.39, 0.29) is 5.69 Å². The first-order valence-corrected chi connectivity index (χ1v) is 6.54. The molecule has 0 radical (unpaired) electrons. The lowest BCUT2D eigenvalue weighted by Gasteiger charge is -2.05. The van der Waals surface area contributed by atoms with E-state index in [1.165, 1.54) is 0 Å². The van der Waals surface area contributed by atoms with Gasteiger partial charge in [-0.15, -0.1) is 0 Å². The first kappa shape index (κ1) is 12.8. The number of imidazole rings is 1. The summed E-state index contributed by atoms with van der Waals surface area (Å²) in [6.07, 6.45) is 0. The van der Waals surface area contributed by atoms with Crippen LogP contribution in [-0.2, 0) is 6.54 Å². The lowest BCUT2D eigenvalue weighted by Crippen LogP contribution is -2.20. The minimum atomic E-state index is -0.240. The summed E-state index contributed by atoms with van der Waals surface area (Å²) in [4.78, 5) is 12.2. The normalized spacial score (nSPS) is 10.9. The minimum absolute atomic E-state index is 0.240. The highest BCUT2D eigenvalue weighted by Crippen LogP contribution is 2.17. The van der Waals surface area contributed by atoms with E-state index in [9.17, 15) is 4.79 Å². The Kier molecular flexibility index (Phi) is 3.24. The van der Waals surface area contributed by atoms with Crippen molar-refractivity contribution in [2.24, 2.45) is 0 Å². The zero-order valence-electron chi connectivity index (χ0n) is 10.9. The smallest absolute Gasteiger partial charge is 0.344 e. The third-order valence-corrected chi connectivity index (χ3v) is 3.58. The summed E-state index contributed by atoms with van der Waals surface area (Å²) < 4.78 is 8.00. The number of ether oxygens (including phenoxy) is 1. The van der Waals surface area contributed by atoms with Gasteiger partial charge in [0.1, 0.15) is 5.75 Å². The van der Waals surface area contributed by atoms with Crippen LogP contribution in [0.15, 0.2) is 53.3 Å². The Hall–Kier alpha value is -2.20. The van der Waals surface area contributed by atoms with Gasteiger partial charge in [-0.25, -0.2) is 8.88 Å². The fraction of sp³-hybridized carbons (Fsp3) is 0.133. The van der Waals surface area contributed by atoms with Gasteiger partial charge in [0.25, 0.3) is 0 Å². The lowest BCUT2D eigenvalue weighted by molar-refractivity contribution is 0.414. The van der Waals surface area contributed by atoms with Gasteiger partial charge in [0.15, 0.2) is 0 Å². The number of rotatable bonds is 3. The van der Waals surface area contributed by atoms with Crippen molar-refractivity contribution in [1.29, 1.82) is 0 Å². The maximum atomic E-state index is 12.2. The van der Waals surface area contributed by atoms with E-state index in [2.05, 4.69) is 0 Å². The van der Waals surface area contributed by atoms with Crippen molar-refractivity contribution >= 4 is 22.8 Å². The van der Waals surface area contributed by atoms with Crippen LogP contribution in [0.25, 0.3) is 11.0 Å². The maximum Gasteiger partial charge on any atom is 0.344 e. The van der Waals surface area contributed by atoms with Crippen molar-refractivity contribution in [2.45, 2.75) is 6.54 Å². The highest BCUT2D eigenvalue weighted by molar-refractivity contribution is 6.18. The standard InChI is InChI=1S/C15H13ClN2O2/c1-20-12-6-4-5-11(9-12)10-17-13-7-2-3-8-14(13)18(16)15(17)19/h2-9H,10H2,1H3. The van der Waals surface area contributed by atoms with Crippen molar-refractivity contribution in [3.05, 3.63) is 64.6 Å². The van der Waals surface area contributed by atoms with E-state index in [4.69, 9.17) is 16.5 Å². The van der Waals surface area contributed by atoms with E-state index in [0.717, 1.165) is 20.9 Å². The number of benzene rings is 2. The zero-order valence-corrected chi connectivity index (χ0v) is 11.7. The Morgan fingerprint density at radius 1 is 1.10 bits per heavy atom. The van der Waals surface area contributed by atoms with Crippen molar-refractivity contribution in [3.63, 3.8) is 0 Å². The summed E-state index contributed by atoms with van der Waals surface area (Å²) in [5.74, 6) is 0.769. The second-order valence-corrected chi connectivity index (χ2v) is 4.83. The fourth-order valence-corrected chi connectivity index (χ4v) is 2.51. The van der Waals surface area contributed by atoms with E-state index in [1.807, 2.05) is 48.5 Å². The van der Waals surface area contributed by atoms with Gasteiger partial charge in [-0.2, -0.15) is 0 Å². The second-order valence-electron chi connectivity index (χ2n) is 4.49. The molecule has 0 fully saturated rings. The third kappa shape index (κ3) is 2.08. The van der Waals surface area contributed by atoms with E-state index in [0.29, 0.717) is 12.1 Å². The maximum absolute atomic E-state index is 12.2. The predicted molar refractivity (Wildman–Crippen MR) is 79.5 cm³/mol. The van der Waals surface area contributed by atoms with Crippen LogP contribution >= 0.6 is 11.8 Å². The zero-order chi connectivity index (χ0) is 14.1. The van der Waals surface area contributed by atoms with E-state index < -0.39 is 0 Å². The molecule has 0 spiro atoms. The topological polar surface area (TPSA) is 36.2 Å². The van der Waals surface area contributed by atoms with Gasteiger partial charge in [-0.05, 0) is 29.8 Å². The number of methoxy groups -OCH3 is 1. The highest BCUT2D eigenvalue weighted by atomic mass is 35.5. The predicted octanol–water partition coefficient (Wildman–Crippen LogP) is 2.86. The van der Waals surface area contributed by atoms with Crippen LogP contribution < -0.4 is 10.4 Å². The average Bonchev–Trinajstić information content (AvgIpc) is 2.73. The van der Waals surface area contributed by atoms with Crippen LogP contribution in [0, 0.1) is 0 Å². The summed E-state index contributed by atoms with van der Waals surface area (Å²) in [6.45, 7) is 0.455. The van der Waals surface area contributed by atoms with Crippen LogP contribution in [0.1, 0.15) is 5.56 Å². The van der Waals surface area contributed by atoms with Crippen LogP contribution in [0.3, 0.4) is 0 Å². The van der Waals surface area contributed by atoms with Crippen LogP contribution in [0.5, 0.6) is 5.75 Å². The number of halogens is 1. The summed E-state index contributed by atoms with van der Waals surface area (Å²) >= 11 is 6.03. The minimum Gasteiger partial charge on any atom is -0.497 e. The Bertz CT molecular complexity index is 820. The SMILES string of the molecule is COc1cccc(Cn2c(=O)n(Cl)c3ccccc32)c1. The van der Waals surface area contributed by atoms with Crippen LogP contribution in [0.4, 0.5) is 0 Å². The molecule has 5 heteroatoms. The molecule has 0 atom stereocenters. The van der Waals surface area contributed by atoms with Gasteiger partial charge >= 0.3 is 5.69 Å². The van der Waals surface area contributed by atoms with Crippen molar-refractivity contribution < 1.29 is 4.74 Å². The molecule has 0 saturated carbocycles. The highest BCUT2D eigenvalue weighted by Gasteiger charge is 2.11. The molecule has 1 aromatic heterocycles. The largest absolute Gasteiger partial charge is 0.497 e. The molecule has 1 heterocycles. The average molecular weight is 289 g/mol. The monoisotopic (exact) mass is 288 g/mol. The van der Waals surface area contributed by atoms with Gasteiger partial charge in [-0.3, -0.25) is 4.57 Å². The summed E-state index contributed by atoms with van der Waals surface area (Å²) in [7, 11) is 1.62. The van der Waals surface area contributed by atoms with Gasteiger partial charge in [-0.1, -0.05) is 24.3 Å². The molecule has 0 unspecified atom stereocenters. The molecule has 0 aliphatic heterocycles. The molecular weight excluding hydrogens is 276 g/mol. The molecule has 0 amide bonds. The Morgan fingerprint density at radius 3 is 2.60 bits per heavy atom.